The molecular weight excluding hydrogens is 333 g/mol. The topological polar surface area (TPSA) is 44.8 Å². The maximum atomic E-state index is 13.0. The maximum Gasteiger partial charge on any atom is 0.321 e. The summed E-state index contributed by atoms with van der Waals surface area (Å²) in [5.74, 6) is 0.0646. The van der Waals surface area contributed by atoms with Crippen molar-refractivity contribution in [2.45, 2.75) is 12.8 Å². The van der Waals surface area contributed by atoms with Gasteiger partial charge in [-0.1, -0.05) is 11.6 Å². The Kier molecular flexibility index (Phi) is 7.27. The number of anilines is 1. The number of hydrogen-bond donors (Lipinski definition) is 1. The number of carbonyl (C=O) groups is 1. The van der Waals surface area contributed by atoms with Gasteiger partial charge < -0.3 is 19.9 Å². The van der Waals surface area contributed by atoms with Gasteiger partial charge in [-0.05, 0) is 50.0 Å². The molecule has 24 heavy (non-hydrogen) atoms. The average Bonchev–Trinajstić information content (AvgIpc) is 2.56. The first-order valence-corrected chi connectivity index (χ1v) is 8.56. The fourth-order valence-electron chi connectivity index (χ4n) is 2.88. The van der Waals surface area contributed by atoms with Gasteiger partial charge in [-0.25, -0.2) is 9.18 Å². The summed E-state index contributed by atoms with van der Waals surface area (Å²) >= 11 is 5.94. The summed E-state index contributed by atoms with van der Waals surface area (Å²) in [6.07, 6.45) is 2.14. The highest BCUT2D eigenvalue weighted by atomic mass is 35.5. The first-order chi connectivity index (χ1) is 11.5. The van der Waals surface area contributed by atoms with Gasteiger partial charge in [0.2, 0.25) is 0 Å². The molecule has 1 N–H and O–H groups in total. The lowest BCUT2D eigenvalue weighted by Crippen LogP contribution is -2.41. The summed E-state index contributed by atoms with van der Waals surface area (Å²) in [7, 11) is 3.48. The first kappa shape index (κ1) is 19.0. The number of halogens is 2. The van der Waals surface area contributed by atoms with Gasteiger partial charge in [-0.2, -0.15) is 0 Å². The predicted molar refractivity (Wildman–Crippen MR) is 94.1 cm³/mol. The van der Waals surface area contributed by atoms with Crippen molar-refractivity contribution in [2.24, 2.45) is 5.92 Å². The van der Waals surface area contributed by atoms with Crippen LogP contribution in [-0.4, -0.2) is 62.8 Å². The SMILES string of the molecule is COCCN1CCC(CN(C)C(=O)Nc2ccc(F)cc2Cl)CC1. The maximum absolute atomic E-state index is 13.0. The van der Waals surface area contributed by atoms with E-state index in [-0.39, 0.29) is 11.1 Å². The minimum Gasteiger partial charge on any atom is -0.383 e. The van der Waals surface area contributed by atoms with Gasteiger partial charge in [0.1, 0.15) is 5.82 Å². The minimum absolute atomic E-state index is 0.197. The van der Waals surface area contributed by atoms with E-state index in [0.29, 0.717) is 18.2 Å². The Morgan fingerprint density at radius 1 is 1.46 bits per heavy atom. The van der Waals surface area contributed by atoms with Gasteiger partial charge in [-0.15, -0.1) is 0 Å². The second-order valence-corrected chi connectivity index (χ2v) is 6.62. The number of rotatable bonds is 6. The zero-order valence-electron chi connectivity index (χ0n) is 14.2. The first-order valence-electron chi connectivity index (χ1n) is 8.18. The van der Waals surface area contributed by atoms with Crippen molar-refractivity contribution >= 4 is 23.3 Å². The quantitative estimate of drug-likeness (QED) is 0.849. The van der Waals surface area contributed by atoms with Crippen LogP contribution < -0.4 is 5.32 Å². The summed E-state index contributed by atoms with van der Waals surface area (Å²) < 4.78 is 18.1. The molecule has 0 aromatic heterocycles. The van der Waals surface area contributed by atoms with Crippen LogP contribution in [0.4, 0.5) is 14.9 Å². The molecule has 0 bridgehead atoms. The molecule has 0 spiro atoms. The number of amides is 2. The van der Waals surface area contributed by atoms with E-state index < -0.39 is 5.82 Å². The molecule has 1 saturated heterocycles. The number of hydrogen-bond acceptors (Lipinski definition) is 3. The molecule has 2 amide bonds. The summed E-state index contributed by atoms with van der Waals surface area (Å²) in [4.78, 5) is 16.3. The summed E-state index contributed by atoms with van der Waals surface area (Å²) in [5, 5.41) is 2.92. The van der Waals surface area contributed by atoms with Crippen LogP contribution >= 0.6 is 11.6 Å². The number of nitrogens with one attached hydrogen (secondary N) is 1. The fourth-order valence-corrected chi connectivity index (χ4v) is 3.10. The fraction of sp³-hybridized carbons (Fsp3) is 0.588. The van der Waals surface area contributed by atoms with E-state index in [1.54, 1.807) is 19.1 Å². The Morgan fingerprint density at radius 2 is 2.17 bits per heavy atom. The second-order valence-electron chi connectivity index (χ2n) is 6.21. The van der Waals surface area contributed by atoms with Crippen LogP contribution in [0.3, 0.4) is 0 Å². The van der Waals surface area contributed by atoms with Crippen LogP contribution in [0.15, 0.2) is 18.2 Å². The van der Waals surface area contributed by atoms with Gasteiger partial charge in [0.15, 0.2) is 0 Å². The van der Waals surface area contributed by atoms with Crippen molar-refractivity contribution in [1.29, 1.82) is 0 Å². The molecule has 1 aromatic carbocycles. The smallest absolute Gasteiger partial charge is 0.321 e. The summed E-state index contributed by atoms with van der Waals surface area (Å²) in [6.45, 7) is 4.48. The van der Waals surface area contributed by atoms with Gasteiger partial charge in [0, 0.05) is 27.2 Å². The molecule has 1 aliphatic heterocycles. The number of methoxy groups -OCH3 is 1. The molecule has 1 aromatic rings. The van der Waals surface area contributed by atoms with Gasteiger partial charge in [-0.3, -0.25) is 0 Å². The van der Waals surface area contributed by atoms with Crippen LogP contribution in [0.2, 0.25) is 5.02 Å². The number of carbonyl (C=O) groups excluding carboxylic acids is 1. The van der Waals surface area contributed by atoms with E-state index in [9.17, 15) is 9.18 Å². The van der Waals surface area contributed by atoms with Crippen molar-refractivity contribution in [3.05, 3.63) is 29.0 Å². The van der Waals surface area contributed by atoms with Crippen LogP contribution in [0, 0.1) is 11.7 Å². The third-order valence-electron chi connectivity index (χ3n) is 4.37. The number of piperidine rings is 1. The molecule has 0 saturated carbocycles. The minimum atomic E-state index is -0.424. The summed E-state index contributed by atoms with van der Waals surface area (Å²) in [6, 6.07) is 3.70. The molecule has 7 heteroatoms. The molecule has 0 unspecified atom stereocenters. The zero-order valence-corrected chi connectivity index (χ0v) is 15.0. The molecule has 134 valence electrons. The number of urea groups is 1. The molecule has 1 fully saturated rings. The third kappa shape index (κ3) is 5.61. The van der Waals surface area contributed by atoms with Gasteiger partial charge >= 0.3 is 6.03 Å². The van der Waals surface area contributed by atoms with Crippen LogP contribution in [-0.2, 0) is 4.74 Å². The average molecular weight is 358 g/mol. The van der Waals surface area contributed by atoms with Crippen LogP contribution in [0.25, 0.3) is 0 Å². The largest absolute Gasteiger partial charge is 0.383 e. The highest BCUT2D eigenvalue weighted by molar-refractivity contribution is 6.33. The number of benzene rings is 1. The van der Waals surface area contributed by atoms with Crippen LogP contribution in [0.1, 0.15) is 12.8 Å². The van der Waals surface area contributed by atoms with Crippen molar-refractivity contribution in [2.75, 3.05) is 52.3 Å². The lowest BCUT2D eigenvalue weighted by atomic mass is 9.96. The normalized spacial score (nSPS) is 16.2. The molecule has 5 nitrogen and oxygen atoms in total. The molecule has 0 atom stereocenters. The van der Waals surface area contributed by atoms with Gasteiger partial charge in [0.05, 0.1) is 17.3 Å². The Morgan fingerprint density at radius 3 is 2.79 bits per heavy atom. The van der Waals surface area contributed by atoms with E-state index in [0.717, 1.165) is 39.1 Å². The van der Waals surface area contributed by atoms with E-state index in [1.807, 2.05) is 0 Å². The Bertz CT molecular complexity index is 551. The standard InChI is InChI=1S/C17H25ClFN3O2/c1-21(12-13-5-7-22(8-6-13)9-10-24-2)17(23)20-16-4-3-14(19)11-15(16)18/h3-4,11,13H,5-10,12H2,1-2H3,(H,20,23). The lowest BCUT2D eigenvalue weighted by molar-refractivity contribution is 0.113. The zero-order chi connectivity index (χ0) is 17.5. The molecule has 0 radical (unpaired) electrons. The number of nitrogens with zero attached hydrogens (tertiary/aromatic N) is 2. The third-order valence-corrected chi connectivity index (χ3v) is 4.68. The monoisotopic (exact) mass is 357 g/mol. The molecular formula is C17H25ClFN3O2. The second kappa shape index (κ2) is 9.20. The van der Waals surface area contributed by atoms with Crippen LogP contribution in [0.5, 0.6) is 0 Å². The predicted octanol–water partition coefficient (Wildman–Crippen LogP) is 3.30. The molecule has 0 aliphatic carbocycles. The van der Waals surface area contributed by atoms with E-state index in [1.165, 1.54) is 18.2 Å². The highest BCUT2D eigenvalue weighted by Gasteiger charge is 2.22. The Hall–Kier alpha value is -1.37. The van der Waals surface area contributed by atoms with E-state index in [4.69, 9.17) is 16.3 Å². The highest BCUT2D eigenvalue weighted by Crippen LogP contribution is 2.23. The number of likely N-dealkylation sites (tertiary alicyclic amines) is 1. The number of ether oxygens (including phenoxy) is 1. The lowest BCUT2D eigenvalue weighted by Gasteiger charge is -2.33. The van der Waals surface area contributed by atoms with Crippen molar-refractivity contribution in [1.82, 2.24) is 9.80 Å². The molecule has 2 rings (SSSR count). The van der Waals surface area contributed by atoms with E-state index >= 15 is 0 Å². The Labute approximate surface area is 147 Å². The Balaban J connectivity index is 1.78. The van der Waals surface area contributed by atoms with Crippen molar-refractivity contribution in [3.63, 3.8) is 0 Å². The van der Waals surface area contributed by atoms with Crippen molar-refractivity contribution < 1.29 is 13.9 Å². The molecule has 1 aliphatic rings. The molecule has 1 heterocycles. The van der Waals surface area contributed by atoms with E-state index in [2.05, 4.69) is 10.2 Å². The van der Waals surface area contributed by atoms with Crippen molar-refractivity contribution in [3.8, 4) is 0 Å². The summed E-state index contributed by atoms with van der Waals surface area (Å²) in [5.41, 5.74) is 0.421. The van der Waals surface area contributed by atoms with Gasteiger partial charge in [0.25, 0.3) is 0 Å².